The largest absolute Gasteiger partial charge is 0.478 e. The third kappa shape index (κ3) is 3.19. The van der Waals surface area contributed by atoms with Crippen molar-refractivity contribution in [2.45, 2.75) is 25.8 Å². The molecule has 24 heavy (non-hydrogen) atoms. The third-order valence-corrected chi connectivity index (χ3v) is 5.05. The quantitative estimate of drug-likeness (QED) is 0.771. The maximum atomic E-state index is 11.9. The number of nitrogens with one attached hydrogen (secondary N) is 2. The van der Waals surface area contributed by atoms with Gasteiger partial charge in [0.25, 0.3) is 0 Å². The summed E-state index contributed by atoms with van der Waals surface area (Å²) in [4.78, 5) is 25.6. The Kier molecular flexibility index (Phi) is 4.66. The molecule has 2 heterocycles. The molecule has 5 nitrogen and oxygen atoms in total. The van der Waals surface area contributed by atoms with Crippen molar-refractivity contribution in [1.82, 2.24) is 10.6 Å². The van der Waals surface area contributed by atoms with Gasteiger partial charge >= 0.3 is 12.0 Å². The molecule has 1 unspecified atom stereocenters. The lowest BCUT2D eigenvalue weighted by atomic mass is 9.99. The van der Waals surface area contributed by atoms with Gasteiger partial charge in [-0.1, -0.05) is 43.7 Å². The highest BCUT2D eigenvalue weighted by Crippen LogP contribution is 2.36. The Balaban J connectivity index is 2.00. The second-order valence-electron chi connectivity index (χ2n) is 5.55. The number of hydrogen-bond donors (Lipinski definition) is 3. The van der Waals surface area contributed by atoms with Crippen LogP contribution in [-0.4, -0.2) is 17.1 Å². The van der Waals surface area contributed by atoms with Gasteiger partial charge in [-0.25, -0.2) is 9.59 Å². The molecule has 0 fully saturated rings. The average molecular weight is 342 g/mol. The number of carboxylic acids is 1. The van der Waals surface area contributed by atoms with Crippen LogP contribution in [0.2, 0.25) is 0 Å². The number of carbonyl (C=O) groups is 2. The van der Waals surface area contributed by atoms with E-state index in [-0.39, 0.29) is 11.6 Å². The molecule has 2 amide bonds. The van der Waals surface area contributed by atoms with Gasteiger partial charge in [0, 0.05) is 15.5 Å². The summed E-state index contributed by atoms with van der Waals surface area (Å²) in [6.45, 7) is 1.95. The van der Waals surface area contributed by atoms with Crippen molar-refractivity contribution >= 4 is 23.3 Å². The summed E-state index contributed by atoms with van der Waals surface area (Å²) < 4.78 is 0. The number of carboxylic acid groups (broad SMARTS) is 1. The van der Waals surface area contributed by atoms with Gasteiger partial charge in [-0.2, -0.15) is 0 Å². The molecule has 1 aromatic heterocycles. The van der Waals surface area contributed by atoms with Gasteiger partial charge in [0.15, 0.2) is 0 Å². The van der Waals surface area contributed by atoms with Crippen molar-refractivity contribution < 1.29 is 14.7 Å². The highest BCUT2D eigenvalue weighted by Gasteiger charge is 2.33. The first-order chi connectivity index (χ1) is 11.6. The Labute approximate surface area is 144 Å². The molecule has 0 saturated heterocycles. The van der Waals surface area contributed by atoms with Gasteiger partial charge in [0.1, 0.15) is 0 Å². The number of amides is 2. The van der Waals surface area contributed by atoms with Crippen molar-refractivity contribution in [3.05, 3.63) is 58.6 Å². The van der Waals surface area contributed by atoms with E-state index >= 15 is 0 Å². The van der Waals surface area contributed by atoms with E-state index in [4.69, 9.17) is 0 Å². The van der Waals surface area contributed by atoms with Gasteiger partial charge in [0.05, 0.1) is 11.6 Å². The average Bonchev–Trinajstić information content (AvgIpc) is 3.05. The predicted molar refractivity (Wildman–Crippen MR) is 93.7 cm³/mol. The molecular weight excluding hydrogens is 324 g/mol. The van der Waals surface area contributed by atoms with Gasteiger partial charge in [-0.3, -0.25) is 0 Å². The van der Waals surface area contributed by atoms with Crippen molar-refractivity contribution in [3.63, 3.8) is 0 Å². The molecule has 1 aromatic carbocycles. The van der Waals surface area contributed by atoms with E-state index in [0.29, 0.717) is 12.1 Å². The van der Waals surface area contributed by atoms with Gasteiger partial charge in [-0.15, -0.1) is 11.3 Å². The summed E-state index contributed by atoms with van der Waals surface area (Å²) in [5, 5.41) is 15.0. The highest BCUT2D eigenvalue weighted by molar-refractivity contribution is 7.15. The van der Waals surface area contributed by atoms with Crippen LogP contribution in [0.25, 0.3) is 10.4 Å². The molecule has 0 bridgehead atoms. The monoisotopic (exact) mass is 342 g/mol. The normalized spacial score (nSPS) is 17.4. The number of allylic oxidation sites excluding steroid dienone is 1. The zero-order valence-corrected chi connectivity index (χ0v) is 14.0. The number of thiophene rings is 1. The van der Waals surface area contributed by atoms with Gasteiger partial charge < -0.3 is 15.7 Å². The van der Waals surface area contributed by atoms with E-state index in [9.17, 15) is 14.7 Å². The summed E-state index contributed by atoms with van der Waals surface area (Å²) in [5.41, 5.74) is 1.79. The van der Waals surface area contributed by atoms with Crippen LogP contribution in [0.1, 0.15) is 30.7 Å². The highest BCUT2D eigenvalue weighted by atomic mass is 32.1. The number of aliphatic carboxylic acids is 1. The van der Waals surface area contributed by atoms with Crippen LogP contribution in [0.5, 0.6) is 0 Å². The summed E-state index contributed by atoms with van der Waals surface area (Å²) in [5.74, 6) is -1.01. The number of rotatable bonds is 5. The van der Waals surface area contributed by atoms with Crippen LogP contribution >= 0.6 is 11.3 Å². The Morgan fingerprint density at radius 2 is 1.96 bits per heavy atom. The first kappa shape index (κ1) is 16.3. The topological polar surface area (TPSA) is 78.4 Å². The lowest BCUT2D eigenvalue weighted by molar-refractivity contribution is -0.133. The zero-order valence-electron chi connectivity index (χ0n) is 13.2. The maximum absolute atomic E-state index is 11.9. The van der Waals surface area contributed by atoms with Crippen LogP contribution in [0.3, 0.4) is 0 Å². The first-order valence-corrected chi connectivity index (χ1v) is 8.60. The molecule has 1 aliphatic heterocycles. The van der Waals surface area contributed by atoms with Crippen LogP contribution in [0.15, 0.2) is 53.7 Å². The van der Waals surface area contributed by atoms with Crippen LogP contribution in [0, 0.1) is 0 Å². The van der Waals surface area contributed by atoms with Crippen LogP contribution in [-0.2, 0) is 4.79 Å². The Bertz CT molecular complexity index is 796. The minimum atomic E-state index is -1.01. The standard InChI is InChI=1S/C18H18N2O3S/c1-2-6-12-15(17(21)22)16(20-18(23)19-12)14-10-9-13(24-14)11-7-4-3-5-8-11/h3-5,7-10,16H,2,6H2,1H3,(H,21,22)(H2,19,20,23). The smallest absolute Gasteiger partial charge is 0.335 e. The Morgan fingerprint density at radius 1 is 1.21 bits per heavy atom. The van der Waals surface area contributed by atoms with Gasteiger partial charge in [-0.05, 0) is 24.1 Å². The van der Waals surface area contributed by atoms with Gasteiger partial charge in [0.2, 0.25) is 0 Å². The van der Waals surface area contributed by atoms with Crippen molar-refractivity contribution in [2.75, 3.05) is 0 Å². The number of benzene rings is 1. The predicted octanol–water partition coefficient (Wildman–Crippen LogP) is 3.91. The first-order valence-electron chi connectivity index (χ1n) is 7.79. The minimum absolute atomic E-state index is 0.220. The van der Waals surface area contributed by atoms with Crippen LogP contribution in [0.4, 0.5) is 4.79 Å². The Hall–Kier alpha value is -2.60. The van der Waals surface area contributed by atoms with Crippen molar-refractivity contribution in [2.24, 2.45) is 0 Å². The van der Waals surface area contributed by atoms with E-state index in [1.54, 1.807) is 0 Å². The van der Waals surface area contributed by atoms with E-state index in [1.165, 1.54) is 11.3 Å². The molecule has 0 radical (unpaired) electrons. The van der Waals surface area contributed by atoms with E-state index in [0.717, 1.165) is 21.7 Å². The number of urea groups is 1. The molecule has 6 heteroatoms. The zero-order chi connectivity index (χ0) is 17.1. The van der Waals surface area contributed by atoms with E-state index < -0.39 is 12.0 Å². The van der Waals surface area contributed by atoms with E-state index in [2.05, 4.69) is 10.6 Å². The fraction of sp³-hybridized carbons (Fsp3) is 0.222. The maximum Gasteiger partial charge on any atom is 0.335 e. The molecule has 1 atom stereocenters. The molecule has 3 N–H and O–H groups in total. The molecule has 2 aromatic rings. The molecule has 124 valence electrons. The second kappa shape index (κ2) is 6.88. The summed E-state index contributed by atoms with van der Waals surface area (Å²) in [6, 6.07) is 12.8. The molecular formula is C18H18N2O3S. The SMILES string of the molecule is CCCC1=C(C(=O)O)C(c2ccc(-c3ccccc3)s2)NC(=O)N1. The third-order valence-electron chi connectivity index (χ3n) is 3.85. The summed E-state index contributed by atoms with van der Waals surface area (Å²) in [7, 11) is 0. The molecule has 0 saturated carbocycles. The lowest BCUT2D eigenvalue weighted by Crippen LogP contribution is -2.45. The molecule has 0 spiro atoms. The molecule has 1 aliphatic rings. The number of hydrogen-bond acceptors (Lipinski definition) is 3. The molecule has 0 aliphatic carbocycles. The fourth-order valence-electron chi connectivity index (χ4n) is 2.80. The minimum Gasteiger partial charge on any atom is -0.478 e. The fourth-order valence-corrected chi connectivity index (χ4v) is 3.87. The summed E-state index contributed by atoms with van der Waals surface area (Å²) in [6.07, 6.45) is 1.29. The van der Waals surface area contributed by atoms with Crippen molar-refractivity contribution in [1.29, 1.82) is 0 Å². The lowest BCUT2D eigenvalue weighted by Gasteiger charge is -2.27. The van der Waals surface area contributed by atoms with Crippen molar-refractivity contribution in [3.8, 4) is 10.4 Å². The Morgan fingerprint density at radius 3 is 2.62 bits per heavy atom. The second-order valence-corrected chi connectivity index (χ2v) is 6.66. The summed E-state index contributed by atoms with van der Waals surface area (Å²) >= 11 is 1.50. The van der Waals surface area contributed by atoms with Crippen LogP contribution < -0.4 is 10.6 Å². The van der Waals surface area contributed by atoms with E-state index in [1.807, 2.05) is 49.4 Å². The molecule has 3 rings (SSSR count). The number of carbonyl (C=O) groups excluding carboxylic acids is 1.